The second kappa shape index (κ2) is 4.26. The summed E-state index contributed by atoms with van der Waals surface area (Å²) in [6, 6.07) is 2.23. The maximum atomic E-state index is 12.8. The zero-order valence-electron chi connectivity index (χ0n) is 5.98. The third-order valence-electron chi connectivity index (χ3n) is 1.17. The van der Waals surface area contributed by atoms with Crippen LogP contribution >= 0.6 is 39.1 Å². The van der Waals surface area contributed by atoms with Crippen LogP contribution in [0.15, 0.2) is 16.6 Å². The molecule has 0 aliphatic rings. The van der Waals surface area contributed by atoms with Gasteiger partial charge in [0.1, 0.15) is 11.6 Å². The maximum Gasteiger partial charge on any atom is 0.409 e. The SMILES string of the molecule is O=C(Cl)Oc1cc(F)c(Cl)cc1Br. The second-order valence-corrected chi connectivity index (χ2v) is 3.61. The molecular weight excluding hydrogens is 286 g/mol. The van der Waals surface area contributed by atoms with Gasteiger partial charge in [0.25, 0.3) is 0 Å². The van der Waals surface area contributed by atoms with Crippen molar-refractivity contribution in [1.29, 1.82) is 0 Å². The average molecular weight is 288 g/mol. The monoisotopic (exact) mass is 286 g/mol. The molecule has 0 saturated heterocycles. The normalized spacial score (nSPS) is 9.85. The van der Waals surface area contributed by atoms with Gasteiger partial charge in [-0.15, -0.1) is 0 Å². The van der Waals surface area contributed by atoms with E-state index < -0.39 is 11.2 Å². The zero-order valence-corrected chi connectivity index (χ0v) is 9.08. The molecule has 6 heteroatoms. The number of benzene rings is 1. The molecule has 0 heterocycles. The minimum atomic E-state index is -1.04. The fourth-order valence-electron chi connectivity index (χ4n) is 0.669. The first-order chi connectivity index (χ1) is 6.00. The van der Waals surface area contributed by atoms with E-state index >= 15 is 0 Å². The van der Waals surface area contributed by atoms with Crippen LogP contribution in [0.4, 0.5) is 9.18 Å². The fourth-order valence-corrected chi connectivity index (χ4v) is 1.47. The van der Waals surface area contributed by atoms with Crippen LogP contribution in [0.1, 0.15) is 0 Å². The molecule has 0 radical (unpaired) electrons. The average Bonchev–Trinajstić information content (AvgIpc) is 1.99. The van der Waals surface area contributed by atoms with Gasteiger partial charge in [0.15, 0.2) is 0 Å². The van der Waals surface area contributed by atoms with Crippen molar-refractivity contribution in [2.24, 2.45) is 0 Å². The fraction of sp³-hybridized carbons (Fsp3) is 0. The second-order valence-electron chi connectivity index (χ2n) is 2.04. The molecule has 0 bridgehead atoms. The van der Waals surface area contributed by atoms with Crippen LogP contribution in [0.5, 0.6) is 5.75 Å². The Balaban J connectivity index is 3.08. The molecule has 0 unspecified atom stereocenters. The van der Waals surface area contributed by atoms with Crippen molar-refractivity contribution in [3.63, 3.8) is 0 Å². The van der Waals surface area contributed by atoms with Gasteiger partial charge in [-0.3, -0.25) is 0 Å². The van der Waals surface area contributed by atoms with Gasteiger partial charge in [-0.2, -0.15) is 0 Å². The first kappa shape index (κ1) is 10.8. The number of ether oxygens (including phenoxy) is 1. The van der Waals surface area contributed by atoms with Crippen LogP contribution in [0.25, 0.3) is 0 Å². The molecule has 0 fully saturated rings. The summed E-state index contributed by atoms with van der Waals surface area (Å²) < 4.78 is 17.6. The van der Waals surface area contributed by atoms with Crippen molar-refractivity contribution < 1.29 is 13.9 Å². The van der Waals surface area contributed by atoms with E-state index in [2.05, 4.69) is 20.7 Å². The van der Waals surface area contributed by atoms with E-state index in [0.29, 0.717) is 4.47 Å². The van der Waals surface area contributed by atoms with Gasteiger partial charge < -0.3 is 4.74 Å². The molecule has 1 rings (SSSR count). The lowest BCUT2D eigenvalue weighted by molar-refractivity contribution is 0.225. The van der Waals surface area contributed by atoms with Crippen LogP contribution in [-0.2, 0) is 0 Å². The van der Waals surface area contributed by atoms with Gasteiger partial charge in [0.05, 0.1) is 9.50 Å². The lowest BCUT2D eigenvalue weighted by Crippen LogP contribution is -1.97. The standard InChI is InChI=1S/C7H2BrCl2FO2/c8-3-1-4(9)5(11)2-6(3)13-7(10)12/h1-2H. The van der Waals surface area contributed by atoms with Crippen LogP contribution in [0, 0.1) is 5.82 Å². The minimum Gasteiger partial charge on any atom is -0.413 e. The van der Waals surface area contributed by atoms with Crippen molar-refractivity contribution in [3.05, 3.63) is 27.4 Å². The molecule has 0 N–H and O–H groups in total. The minimum absolute atomic E-state index is 0.0121. The molecule has 0 spiro atoms. The van der Waals surface area contributed by atoms with Gasteiger partial charge >= 0.3 is 5.43 Å². The lowest BCUT2D eigenvalue weighted by Gasteiger charge is -2.03. The molecular formula is C7H2BrCl2FO2. The smallest absolute Gasteiger partial charge is 0.409 e. The largest absolute Gasteiger partial charge is 0.413 e. The molecule has 0 saturated carbocycles. The van der Waals surface area contributed by atoms with Crippen LogP contribution in [-0.4, -0.2) is 5.43 Å². The Bertz CT molecular complexity index is 357. The highest BCUT2D eigenvalue weighted by atomic mass is 79.9. The van der Waals surface area contributed by atoms with Gasteiger partial charge in [0, 0.05) is 17.7 Å². The van der Waals surface area contributed by atoms with E-state index in [9.17, 15) is 9.18 Å². The molecule has 0 amide bonds. The van der Waals surface area contributed by atoms with E-state index in [1.54, 1.807) is 0 Å². The Labute approximate surface area is 91.7 Å². The number of carbonyl (C=O) groups excluding carboxylic acids is 1. The highest BCUT2D eigenvalue weighted by molar-refractivity contribution is 9.10. The number of hydrogen-bond acceptors (Lipinski definition) is 2. The van der Waals surface area contributed by atoms with Gasteiger partial charge in [0.2, 0.25) is 0 Å². The van der Waals surface area contributed by atoms with Crippen molar-refractivity contribution in [1.82, 2.24) is 0 Å². The summed E-state index contributed by atoms with van der Waals surface area (Å²) >= 11 is 13.4. The van der Waals surface area contributed by atoms with E-state index in [1.807, 2.05) is 0 Å². The third kappa shape index (κ3) is 2.83. The number of hydrogen-bond donors (Lipinski definition) is 0. The molecule has 0 atom stereocenters. The Kier molecular flexibility index (Phi) is 3.53. The van der Waals surface area contributed by atoms with E-state index in [4.69, 9.17) is 23.2 Å². The van der Waals surface area contributed by atoms with Crippen molar-refractivity contribution in [2.45, 2.75) is 0 Å². The number of halogens is 4. The van der Waals surface area contributed by atoms with E-state index in [0.717, 1.165) is 6.07 Å². The summed E-state index contributed by atoms with van der Waals surface area (Å²) in [5.74, 6) is -0.695. The summed E-state index contributed by atoms with van der Waals surface area (Å²) in [6.45, 7) is 0. The predicted octanol–water partition coefficient (Wildman–Crippen LogP) is 3.98. The first-order valence-corrected chi connectivity index (χ1v) is 4.57. The summed E-state index contributed by atoms with van der Waals surface area (Å²) in [5.41, 5.74) is -1.04. The molecule has 1 aromatic carbocycles. The van der Waals surface area contributed by atoms with Gasteiger partial charge in [-0.1, -0.05) is 11.6 Å². The van der Waals surface area contributed by atoms with Gasteiger partial charge in [-0.05, 0) is 22.0 Å². The van der Waals surface area contributed by atoms with Gasteiger partial charge in [-0.25, -0.2) is 9.18 Å². The topological polar surface area (TPSA) is 26.3 Å². The highest BCUT2D eigenvalue weighted by Crippen LogP contribution is 2.30. The lowest BCUT2D eigenvalue weighted by atomic mass is 10.3. The molecule has 13 heavy (non-hydrogen) atoms. The molecule has 2 nitrogen and oxygen atoms in total. The van der Waals surface area contributed by atoms with Crippen molar-refractivity contribution >= 4 is 44.6 Å². The summed E-state index contributed by atoms with van der Waals surface area (Å²) in [7, 11) is 0. The van der Waals surface area contributed by atoms with E-state index in [1.165, 1.54) is 6.07 Å². The molecule has 0 aromatic heterocycles. The van der Waals surface area contributed by atoms with Crippen LogP contribution < -0.4 is 4.74 Å². The summed E-state index contributed by atoms with van der Waals surface area (Å²) in [6.07, 6.45) is 0. The Morgan fingerprint density at radius 3 is 2.69 bits per heavy atom. The van der Waals surface area contributed by atoms with Crippen LogP contribution in [0.3, 0.4) is 0 Å². The number of carbonyl (C=O) groups is 1. The quantitative estimate of drug-likeness (QED) is 0.577. The summed E-state index contributed by atoms with van der Waals surface area (Å²) in [4.78, 5) is 10.3. The van der Waals surface area contributed by atoms with Crippen LogP contribution in [0.2, 0.25) is 5.02 Å². The Morgan fingerprint density at radius 2 is 2.15 bits per heavy atom. The third-order valence-corrected chi connectivity index (χ3v) is 2.15. The maximum absolute atomic E-state index is 12.8. The highest BCUT2D eigenvalue weighted by Gasteiger charge is 2.09. The summed E-state index contributed by atoms with van der Waals surface area (Å²) in [5, 5.41) is -0.0683. The van der Waals surface area contributed by atoms with Crippen molar-refractivity contribution in [3.8, 4) is 5.75 Å². The van der Waals surface area contributed by atoms with Crippen molar-refractivity contribution in [2.75, 3.05) is 0 Å². The predicted molar refractivity (Wildman–Crippen MR) is 51.0 cm³/mol. The van der Waals surface area contributed by atoms with E-state index in [-0.39, 0.29) is 10.8 Å². The zero-order chi connectivity index (χ0) is 10.0. The Hall–Kier alpha value is -0.320. The first-order valence-electron chi connectivity index (χ1n) is 3.02. The molecule has 0 aliphatic carbocycles. The molecule has 0 aliphatic heterocycles. The number of rotatable bonds is 1. The molecule has 1 aromatic rings. The Morgan fingerprint density at radius 1 is 1.54 bits per heavy atom. The molecule has 70 valence electrons.